The molecule has 0 bridgehead atoms. The molecule has 2 rings (SSSR count). The van der Waals surface area contributed by atoms with Crippen LogP contribution in [0.1, 0.15) is 5.56 Å². The summed E-state index contributed by atoms with van der Waals surface area (Å²) in [5, 5.41) is 3.81. The van der Waals surface area contributed by atoms with Crippen molar-refractivity contribution in [3.8, 4) is 0 Å². The molecule has 0 unspecified atom stereocenters. The highest BCUT2D eigenvalue weighted by atomic mass is 79.9. The Morgan fingerprint density at radius 2 is 1.89 bits per heavy atom. The van der Waals surface area contributed by atoms with Gasteiger partial charge in [0.1, 0.15) is 5.82 Å². The van der Waals surface area contributed by atoms with E-state index < -0.39 is 0 Å². The minimum absolute atomic E-state index is 0.234. The van der Waals surface area contributed by atoms with Crippen LogP contribution in [0.25, 0.3) is 0 Å². The van der Waals surface area contributed by atoms with Crippen molar-refractivity contribution < 1.29 is 4.39 Å². The summed E-state index contributed by atoms with van der Waals surface area (Å²) >= 11 is 12.5. The highest BCUT2D eigenvalue weighted by molar-refractivity contribution is 9.10. The van der Waals surface area contributed by atoms with Crippen LogP contribution in [0.2, 0.25) is 5.02 Å². The number of hydrogen-bond donors (Lipinski definition) is 1. The van der Waals surface area contributed by atoms with Crippen molar-refractivity contribution in [2.75, 3.05) is 5.32 Å². The smallest absolute Gasteiger partial charge is 0.129 e. The van der Waals surface area contributed by atoms with Gasteiger partial charge in [-0.05, 0) is 46.3 Å². The van der Waals surface area contributed by atoms with Gasteiger partial charge in [0.05, 0.1) is 0 Å². The molecule has 0 heterocycles. The third kappa shape index (κ3) is 3.46. The summed E-state index contributed by atoms with van der Waals surface area (Å²) < 4.78 is 15.2. The van der Waals surface area contributed by atoms with Gasteiger partial charge in [-0.25, -0.2) is 4.39 Å². The molecular formula is C13H9Br2ClFN. The van der Waals surface area contributed by atoms with Gasteiger partial charge in [0.15, 0.2) is 0 Å². The molecule has 2 aromatic rings. The van der Waals surface area contributed by atoms with Crippen LogP contribution in [0, 0.1) is 5.82 Å². The molecule has 0 saturated carbocycles. The van der Waals surface area contributed by atoms with Crippen LogP contribution in [0.4, 0.5) is 10.1 Å². The predicted molar refractivity (Wildman–Crippen MR) is 80.6 cm³/mol. The van der Waals surface area contributed by atoms with Gasteiger partial charge in [0.25, 0.3) is 0 Å². The molecule has 0 spiro atoms. The first-order valence-corrected chi connectivity index (χ1v) is 7.15. The second kappa shape index (κ2) is 6.04. The first-order chi connectivity index (χ1) is 8.56. The number of nitrogens with one attached hydrogen (secondary N) is 1. The highest BCUT2D eigenvalue weighted by Crippen LogP contribution is 2.26. The molecule has 1 nitrogen and oxygen atoms in total. The lowest BCUT2D eigenvalue weighted by Gasteiger charge is -2.09. The van der Waals surface area contributed by atoms with Gasteiger partial charge in [-0.3, -0.25) is 0 Å². The Bertz CT molecular complexity index is 523. The van der Waals surface area contributed by atoms with Crippen molar-refractivity contribution in [2.24, 2.45) is 0 Å². The van der Waals surface area contributed by atoms with E-state index in [0.29, 0.717) is 17.1 Å². The molecule has 0 amide bonds. The maximum absolute atomic E-state index is 13.6. The van der Waals surface area contributed by atoms with Gasteiger partial charge < -0.3 is 5.32 Å². The zero-order valence-electron chi connectivity index (χ0n) is 9.18. The largest absolute Gasteiger partial charge is 0.380 e. The molecule has 94 valence electrons. The number of rotatable bonds is 3. The molecule has 2 aromatic carbocycles. The molecule has 0 radical (unpaired) electrons. The third-order valence-electron chi connectivity index (χ3n) is 2.42. The van der Waals surface area contributed by atoms with E-state index in [4.69, 9.17) is 11.6 Å². The van der Waals surface area contributed by atoms with E-state index in [2.05, 4.69) is 37.2 Å². The molecule has 0 aliphatic carbocycles. The molecule has 0 atom stereocenters. The zero-order chi connectivity index (χ0) is 13.1. The number of anilines is 1. The number of benzene rings is 2. The Balaban J connectivity index is 2.11. The molecular weight excluding hydrogens is 384 g/mol. The number of hydrogen-bond acceptors (Lipinski definition) is 1. The Hall–Kier alpha value is -0.580. The molecule has 1 N–H and O–H groups in total. The Kier molecular flexibility index (Phi) is 4.65. The van der Waals surface area contributed by atoms with E-state index >= 15 is 0 Å². The van der Waals surface area contributed by atoms with Crippen molar-refractivity contribution in [3.63, 3.8) is 0 Å². The van der Waals surface area contributed by atoms with Crippen molar-refractivity contribution in [3.05, 3.63) is 61.7 Å². The fraction of sp³-hybridized carbons (Fsp3) is 0.0769. The van der Waals surface area contributed by atoms with Gasteiger partial charge in [-0.1, -0.05) is 33.6 Å². The minimum atomic E-state index is -0.234. The Morgan fingerprint density at radius 3 is 2.56 bits per heavy atom. The fourth-order valence-electron chi connectivity index (χ4n) is 1.49. The molecule has 0 aliphatic rings. The lowest BCUT2D eigenvalue weighted by Crippen LogP contribution is -2.02. The predicted octanol–water partition coefficient (Wildman–Crippen LogP) is 5.62. The average molecular weight is 393 g/mol. The highest BCUT2D eigenvalue weighted by Gasteiger charge is 2.04. The zero-order valence-corrected chi connectivity index (χ0v) is 13.1. The molecule has 0 fully saturated rings. The summed E-state index contributed by atoms with van der Waals surface area (Å²) in [5.74, 6) is -0.234. The minimum Gasteiger partial charge on any atom is -0.380 e. The van der Waals surface area contributed by atoms with E-state index in [0.717, 1.165) is 14.6 Å². The van der Waals surface area contributed by atoms with Crippen molar-refractivity contribution in [1.82, 2.24) is 0 Å². The summed E-state index contributed by atoms with van der Waals surface area (Å²) in [6.45, 7) is 0.416. The number of halogens is 4. The lowest BCUT2D eigenvalue weighted by molar-refractivity contribution is 0.612. The molecule has 5 heteroatoms. The van der Waals surface area contributed by atoms with Crippen LogP contribution in [-0.2, 0) is 6.54 Å². The van der Waals surface area contributed by atoms with Crippen LogP contribution in [-0.4, -0.2) is 0 Å². The normalized spacial score (nSPS) is 10.4. The summed E-state index contributed by atoms with van der Waals surface area (Å²) in [5.41, 5.74) is 1.49. The SMILES string of the molecule is Fc1cc(Br)ccc1CNc1ccc(Cl)cc1Br. The second-order valence-electron chi connectivity index (χ2n) is 3.71. The van der Waals surface area contributed by atoms with Crippen LogP contribution in [0.3, 0.4) is 0 Å². The summed E-state index contributed by atoms with van der Waals surface area (Å²) in [6, 6.07) is 10.4. The van der Waals surface area contributed by atoms with Crippen LogP contribution in [0.15, 0.2) is 45.3 Å². The van der Waals surface area contributed by atoms with Gasteiger partial charge >= 0.3 is 0 Å². The first kappa shape index (κ1) is 13.8. The molecule has 0 saturated heterocycles. The fourth-order valence-corrected chi connectivity index (χ4v) is 2.64. The quantitative estimate of drug-likeness (QED) is 0.714. The summed E-state index contributed by atoms with van der Waals surface area (Å²) in [7, 11) is 0. The topological polar surface area (TPSA) is 12.0 Å². The molecule has 0 aliphatic heterocycles. The van der Waals surface area contributed by atoms with Crippen molar-refractivity contribution >= 4 is 49.1 Å². The second-order valence-corrected chi connectivity index (χ2v) is 5.92. The van der Waals surface area contributed by atoms with E-state index in [9.17, 15) is 4.39 Å². The average Bonchev–Trinajstić information content (AvgIpc) is 2.30. The van der Waals surface area contributed by atoms with E-state index in [1.807, 2.05) is 12.1 Å². The van der Waals surface area contributed by atoms with E-state index in [1.165, 1.54) is 6.07 Å². The van der Waals surface area contributed by atoms with Crippen molar-refractivity contribution in [2.45, 2.75) is 6.54 Å². The first-order valence-electron chi connectivity index (χ1n) is 5.19. The van der Waals surface area contributed by atoms with E-state index in [-0.39, 0.29) is 5.82 Å². The van der Waals surface area contributed by atoms with E-state index in [1.54, 1.807) is 18.2 Å². The standard InChI is InChI=1S/C13H9Br2ClFN/c14-9-2-1-8(12(17)5-9)7-18-13-4-3-10(16)6-11(13)15/h1-6,18H,7H2. The van der Waals surface area contributed by atoms with Crippen LogP contribution < -0.4 is 5.32 Å². The molecule has 18 heavy (non-hydrogen) atoms. The lowest BCUT2D eigenvalue weighted by atomic mass is 10.2. The van der Waals surface area contributed by atoms with Crippen LogP contribution in [0.5, 0.6) is 0 Å². The summed E-state index contributed by atoms with van der Waals surface area (Å²) in [4.78, 5) is 0. The molecule has 0 aromatic heterocycles. The van der Waals surface area contributed by atoms with Crippen molar-refractivity contribution in [1.29, 1.82) is 0 Å². The van der Waals surface area contributed by atoms with Crippen LogP contribution >= 0.6 is 43.5 Å². The monoisotopic (exact) mass is 391 g/mol. The maximum Gasteiger partial charge on any atom is 0.129 e. The Morgan fingerprint density at radius 1 is 1.11 bits per heavy atom. The van der Waals surface area contributed by atoms with Gasteiger partial charge in [0, 0.05) is 31.8 Å². The van der Waals surface area contributed by atoms with Gasteiger partial charge in [0.2, 0.25) is 0 Å². The maximum atomic E-state index is 13.6. The van der Waals surface area contributed by atoms with Gasteiger partial charge in [-0.2, -0.15) is 0 Å². The summed E-state index contributed by atoms with van der Waals surface area (Å²) in [6.07, 6.45) is 0. The Labute approximate surface area is 127 Å². The third-order valence-corrected chi connectivity index (χ3v) is 3.80. The van der Waals surface area contributed by atoms with Gasteiger partial charge in [-0.15, -0.1) is 0 Å².